The number of aromatic nitrogens is 2. The molecule has 0 N–H and O–H groups in total. The second-order valence-electron chi connectivity index (χ2n) is 4.55. The van der Waals surface area contributed by atoms with E-state index in [0.29, 0.717) is 0 Å². The summed E-state index contributed by atoms with van der Waals surface area (Å²) in [6.45, 7) is 2.97. The van der Waals surface area contributed by atoms with Gasteiger partial charge in [0.05, 0.1) is 5.69 Å². The second kappa shape index (κ2) is 6.18. The zero-order chi connectivity index (χ0) is 13.7. The van der Waals surface area contributed by atoms with E-state index in [4.69, 9.17) is 0 Å². The highest BCUT2D eigenvalue weighted by molar-refractivity contribution is 5.75. The fourth-order valence-corrected chi connectivity index (χ4v) is 1.97. The van der Waals surface area contributed by atoms with Crippen LogP contribution < -0.4 is 4.90 Å². The fraction of sp³-hybridized carbons (Fsp3) is 0.333. The lowest BCUT2D eigenvalue weighted by Gasteiger charge is -2.12. The van der Waals surface area contributed by atoms with Crippen LogP contribution in [-0.4, -0.2) is 23.2 Å². The quantitative estimate of drug-likeness (QED) is 0.746. The molecular weight excluding hydrogens is 238 g/mol. The molecule has 0 radical (unpaired) electrons. The summed E-state index contributed by atoms with van der Waals surface area (Å²) in [4.78, 5) is 12.5. The predicted molar refractivity (Wildman–Crippen MR) is 77.0 cm³/mol. The average molecular weight is 257 g/mol. The van der Waals surface area contributed by atoms with Crippen LogP contribution in [0.3, 0.4) is 0 Å². The summed E-state index contributed by atoms with van der Waals surface area (Å²) in [5.41, 5.74) is 1.97. The van der Waals surface area contributed by atoms with Gasteiger partial charge in [-0.1, -0.05) is 43.7 Å². The number of hydrogen-bond acceptors (Lipinski definition) is 2. The Labute approximate surface area is 113 Å². The van der Waals surface area contributed by atoms with Crippen LogP contribution in [0.15, 0.2) is 36.4 Å². The Morgan fingerprint density at radius 2 is 2.05 bits per heavy atom. The topological polar surface area (TPSA) is 38.1 Å². The van der Waals surface area contributed by atoms with E-state index >= 15 is 0 Å². The molecule has 0 saturated heterocycles. The fourth-order valence-electron chi connectivity index (χ4n) is 1.97. The van der Waals surface area contributed by atoms with Gasteiger partial charge < -0.3 is 4.90 Å². The molecule has 0 saturated carbocycles. The van der Waals surface area contributed by atoms with Crippen molar-refractivity contribution in [2.75, 3.05) is 11.9 Å². The molecule has 2 aromatic rings. The molecular formula is C15H19N3O. The molecule has 0 bridgehead atoms. The van der Waals surface area contributed by atoms with Crippen LogP contribution in [0.1, 0.15) is 19.8 Å². The summed E-state index contributed by atoms with van der Waals surface area (Å²) < 4.78 is 1.90. The highest BCUT2D eigenvalue weighted by Crippen LogP contribution is 2.23. The number of rotatable bonds is 6. The van der Waals surface area contributed by atoms with Crippen LogP contribution in [0.5, 0.6) is 0 Å². The van der Waals surface area contributed by atoms with Gasteiger partial charge in [0.25, 0.3) is 0 Å². The molecule has 0 spiro atoms. The minimum absolute atomic E-state index is 0.814. The Kier molecular flexibility index (Phi) is 4.34. The highest BCUT2D eigenvalue weighted by Gasteiger charge is 2.12. The Bertz CT molecular complexity index is 534. The van der Waals surface area contributed by atoms with Crippen LogP contribution in [0.4, 0.5) is 5.82 Å². The van der Waals surface area contributed by atoms with Gasteiger partial charge in [-0.3, -0.25) is 4.79 Å². The number of hydrogen-bond donors (Lipinski definition) is 0. The maximum absolute atomic E-state index is 11.0. The molecule has 1 aromatic heterocycles. The van der Waals surface area contributed by atoms with Gasteiger partial charge in [-0.15, -0.1) is 0 Å². The maximum atomic E-state index is 11.0. The first-order chi connectivity index (χ1) is 9.26. The summed E-state index contributed by atoms with van der Waals surface area (Å²) in [7, 11) is 1.75. The van der Waals surface area contributed by atoms with E-state index in [-0.39, 0.29) is 0 Å². The number of carbonyl (C=O) groups excluding carboxylic acids is 1. The molecule has 100 valence electrons. The van der Waals surface area contributed by atoms with E-state index < -0.39 is 0 Å². The van der Waals surface area contributed by atoms with Crippen molar-refractivity contribution in [2.45, 2.75) is 26.3 Å². The summed E-state index contributed by atoms with van der Waals surface area (Å²) in [6.07, 6.45) is 2.97. The van der Waals surface area contributed by atoms with E-state index in [9.17, 15) is 4.79 Å². The van der Waals surface area contributed by atoms with Gasteiger partial charge in [0.2, 0.25) is 6.41 Å². The number of anilines is 1. The molecule has 19 heavy (non-hydrogen) atoms. The van der Waals surface area contributed by atoms with Gasteiger partial charge in [-0.25, -0.2) is 4.68 Å². The monoisotopic (exact) mass is 257 g/mol. The van der Waals surface area contributed by atoms with Gasteiger partial charge in [0.15, 0.2) is 0 Å². The molecule has 0 fully saturated rings. The van der Waals surface area contributed by atoms with Crippen molar-refractivity contribution in [2.24, 2.45) is 0 Å². The van der Waals surface area contributed by atoms with E-state index in [1.807, 2.05) is 41.1 Å². The van der Waals surface area contributed by atoms with E-state index in [2.05, 4.69) is 12.0 Å². The third-order valence-corrected chi connectivity index (χ3v) is 3.07. The average Bonchev–Trinajstić information content (AvgIpc) is 2.89. The first-order valence-corrected chi connectivity index (χ1v) is 6.57. The van der Waals surface area contributed by atoms with Crippen molar-refractivity contribution in [3.05, 3.63) is 36.4 Å². The summed E-state index contributed by atoms with van der Waals surface area (Å²) in [5, 5.41) is 4.60. The zero-order valence-electron chi connectivity index (χ0n) is 11.4. The van der Waals surface area contributed by atoms with E-state index in [0.717, 1.165) is 42.9 Å². The Morgan fingerprint density at radius 1 is 1.32 bits per heavy atom. The number of amides is 1. The molecule has 4 nitrogen and oxygen atoms in total. The van der Waals surface area contributed by atoms with Crippen LogP contribution >= 0.6 is 0 Å². The van der Waals surface area contributed by atoms with Gasteiger partial charge in [0, 0.05) is 25.2 Å². The molecule has 1 heterocycles. The molecule has 4 heteroatoms. The van der Waals surface area contributed by atoms with Gasteiger partial charge in [0.1, 0.15) is 5.82 Å². The molecule has 1 amide bonds. The van der Waals surface area contributed by atoms with Crippen molar-refractivity contribution in [3.8, 4) is 11.3 Å². The van der Waals surface area contributed by atoms with Gasteiger partial charge in [-0.2, -0.15) is 5.10 Å². The molecule has 0 unspecified atom stereocenters. The van der Waals surface area contributed by atoms with E-state index in [1.54, 1.807) is 11.9 Å². The second-order valence-corrected chi connectivity index (χ2v) is 4.55. The molecule has 1 aromatic carbocycles. The van der Waals surface area contributed by atoms with Crippen molar-refractivity contribution in [3.63, 3.8) is 0 Å². The summed E-state index contributed by atoms with van der Waals surface area (Å²) in [5.74, 6) is 0.835. The zero-order valence-corrected chi connectivity index (χ0v) is 11.4. The first-order valence-electron chi connectivity index (χ1n) is 6.57. The normalized spacial score (nSPS) is 10.4. The Hall–Kier alpha value is -2.10. The minimum Gasteiger partial charge on any atom is -0.303 e. The SMILES string of the molecule is CCCCn1nc(-c2ccccc2)cc1N(C)C=O. The van der Waals surface area contributed by atoms with Crippen LogP contribution in [0.2, 0.25) is 0 Å². The number of nitrogens with zero attached hydrogens (tertiary/aromatic N) is 3. The lowest BCUT2D eigenvalue weighted by molar-refractivity contribution is -0.107. The Morgan fingerprint density at radius 3 is 2.68 bits per heavy atom. The summed E-state index contributed by atoms with van der Waals surface area (Å²) >= 11 is 0. The number of carbonyl (C=O) groups is 1. The van der Waals surface area contributed by atoms with Crippen LogP contribution in [0.25, 0.3) is 11.3 Å². The molecule has 2 rings (SSSR count). The first kappa shape index (κ1) is 13.3. The number of unbranched alkanes of at least 4 members (excludes halogenated alkanes) is 1. The molecule has 0 atom stereocenters. The van der Waals surface area contributed by atoms with Gasteiger partial charge in [-0.05, 0) is 6.42 Å². The third-order valence-electron chi connectivity index (χ3n) is 3.07. The third kappa shape index (κ3) is 3.02. The van der Waals surface area contributed by atoms with Crippen LogP contribution in [0, 0.1) is 0 Å². The summed E-state index contributed by atoms with van der Waals surface area (Å²) in [6, 6.07) is 12.0. The Balaban J connectivity index is 2.36. The van der Waals surface area contributed by atoms with E-state index in [1.165, 1.54) is 0 Å². The minimum atomic E-state index is 0.814. The maximum Gasteiger partial charge on any atom is 0.215 e. The highest BCUT2D eigenvalue weighted by atomic mass is 16.1. The largest absolute Gasteiger partial charge is 0.303 e. The lowest BCUT2D eigenvalue weighted by Crippen LogP contribution is -2.18. The van der Waals surface area contributed by atoms with Crippen molar-refractivity contribution in [1.29, 1.82) is 0 Å². The van der Waals surface area contributed by atoms with Crippen molar-refractivity contribution in [1.82, 2.24) is 9.78 Å². The molecule has 0 aliphatic carbocycles. The van der Waals surface area contributed by atoms with Gasteiger partial charge >= 0.3 is 0 Å². The molecule has 0 aliphatic rings. The number of aryl methyl sites for hydroxylation is 1. The predicted octanol–water partition coefficient (Wildman–Crippen LogP) is 2.94. The number of benzene rings is 1. The lowest BCUT2D eigenvalue weighted by atomic mass is 10.1. The van der Waals surface area contributed by atoms with Crippen molar-refractivity contribution >= 4 is 12.2 Å². The van der Waals surface area contributed by atoms with Crippen molar-refractivity contribution < 1.29 is 4.79 Å². The smallest absolute Gasteiger partial charge is 0.215 e. The standard InChI is InChI=1S/C15H19N3O/c1-3-4-10-18-15(17(2)12-19)11-14(16-18)13-8-6-5-7-9-13/h5-9,11-12H,3-4,10H2,1-2H3. The van der Waals surface area contributed by atoms with Crippen LogP contribution in [-0.2, 0) is 11.3 Å². The molecule has 0 aliphatic heterocycles.